The molecule has 0 radical (unpaired) electrons. The number of amides is 1. The van der Waals surface area contributed by atoms with Crippen LogP contribution in [-0.2, 0) is 0 Å². The van der Waals surface area contributed by atoms with Crippen LogP contribution in [0.5, 0.6) is 5.75 Å². The van der Waals surface area contributed by atoms with E-state index in [2.05, 4.69) is 15.5 Å². The predicted molar refractivity (Wildman–Crippen MR) is 85.2 cm³/mol. The Morgan fingerprint density at radius 3 is 2.78 bits per heavy atom. The molecule has 2 aromatic rings. The molecule has 6 heteroatoms. The molecule has 122 valence electrons. The summed E-state index contributed by atoms with van der Waals surface area (Å²) in [6.45, 7) is 0. The number of nitrogens with one attached hydrogen (secondary N) is 1. The molecule has 0 bridgehead atoms. The molecule has 1 aliphatic carbocycles. The zero-order chi connectivity index (χ0) is 16.1. The van der Waals surface area contributed by atoms with Crippen molar-refractivity contribution >= 4 is 5.91 Å². The van der Waals surface area contributed by atoms with Crippen molar-refractivity contribution in [2.45, 2.75) is 44.6 Å². The molecule has 1 aromatic carbocycles. The van der Waals surface area contributed by atoms with Crippen molar-refractivity contribution in [3.63, 3.8) is 0 Å². The van der Waals surface area contributed by atoms with E-state index in [9.17, 15) is 4.79 Å². The summed E-state index contributed by atoms with van der Waals surface area (Å²) in [5.74, 6) is 0.803. The summed E-state index contributed by atoms with van der Waals surface area (Å²) < 4.78 is 10.3. The maximum Gasteiger partial charge on any atom is 0.316 e. The van der Waals surface area contributed by atoms with Gasteiger partial charge in [0.1, 0.15) is 5.75 Å². The van der Waals surface area contributed by atoms with Gasteiger partial charge in [0.15, 0.2) is 0 Å². The van der Waals surface area contributed by atoms with Crippen LogP contribution in [0.25, 0.3) is 11.4 Å². The molecule has 1 amide bonds. The van der Waals surface area contributed by atoms with Gasteiger partial charge < -0.3 is 14.6 Å². The Hall–Kier alpha value is -2.37. The molecule has 0 aliphatic heterocycles. The Balaban J connectivity index is 1.69. The van der Waals surface area contributed by atoms with E-state index in [4.69, 9.17) is 9.26 Å². The maximum absolute atomic E-state index is 12.3. The summed E-state index contributed by atoms with van der Waals surface area (Å²) in [6, 6.07) is 7.54. The van der Waals surface area contributed by atoms with Crippen molar-refractivity contribution in [1.82, 2.24) is 15.5 Å². The van der Waals surface area contributed by atoms with Crippen molar-refractivity contribution in [1.29, 1.82) is 0 Å². The molecular weight excluding hydrogens is 294 g/mol. The molecule has 1 saturated carbocycles. The van der Waals surface area contributed by atoms with Gasteiger partial charge in [0.25, 0.3) is 0 Å². The van der Waals surface area contributed by atoms with Crippen molar-refractivity contribution in [2.75, 3.05) is 7.11 Å². The second-order valence-corrected chi connectivity index (χ2v) is 5.82. The third-order valence-electron chi connectivity index (χ3n) is 4.14. The molecule has 0 atom stereocenters. The lowest BCUT2D eigenvalue weighted by molar-refractivity contribution is 0.0889. The highest BCUT2D eigenvalue weighted by Crippen LogP contribution is 2.21. The quantitative estimate of drug-likeness (QED) is 0.877. The summed E-state index contributed by atoms with van der Waals surface area (Å²) in [5.41, 5.74) is 0.751. The Morgan fingerprint density at radius 2 is 2.04 bits per heavy atom. The zero-order valence-corrected chi connectivity index (χ0v) is 13.2. The number of aromatic nitrogens is 2. The normalized spacial score (nSPS) is 15.9. The van der Waals surface area contributed by atoms with E-state index in [1.165, 1.54) is 12.8 Å². The van der Waals surface area contributed by atoms with Crippen LogP contribution < -0.4 is 10.1 Å². The lowest BCUT2D eigenvalue weighted by Gasteiger charge is -2.14. The summed E-state index contributed by atoms with van der Waals surface area (Å²) >= 11 is 0. The minimum absolute atomic E-state index is 0.00654. The number of benzene rings is 1. The number of hydrogen-bond donors (Lipinski definition) is 1. The van der Waals surface area contributed by atoms with Gasteiger partial charge in [-0.25, -0.2) is 0 Å². The van der Waals surface area contributed by atoms with Gasteiger partial charge in [-0.15, -0.1) is 0 Å². The van der Waals surface area contributed by atoms with E-state index in [0.29, 0.717) is 11.6 Å². The average molecular weight is 315 g/mol. The van der Waals surface area contributed by atoms with Crippen molar-refractivity contribution in [3.05, 3.63) is 30.2 Å². The number of carbonyl (C=O) groups excluding carboxylic acids is 1. The van der Waals surface area contributed by atoms with Gasteiger partial charge >= 0.3 is 11.8 Å². The van der Waals surface area contributed by atoms with Gasteiger partial charge in [-0.05, 0) is 25.0 Å². The van der Waals surface area contributed by atoms with Gasteiger partial charge in [-0.3, -0.25) is 4.79 Å². The van der Waals surface area contributed by atoms with Gasteiger partial charge in [-0.1, -0.05) is 43.0 Å². The minimum Gasteiger partial charge on any atom is -0.497 e. The molecule has 6 nitrogen and oxygen atoms in total. The topological polar surface area (TPSA) is 77.2 Å². The molecule has 23 heavy (non-hydrogen) atoms. The molecule has 1 fully saturated rings. The first-order chi connectivity index (χ1) is 11.3. The number of nitrogens with zero attached hydrogens (tertiary/aromatic N) is 2. The summed E-state index contributed by atoms with van der Waals surface area (Å²) in [6.07, 6.45) is 6.83. The zero-order valence-electron chi connectivity index (χ0n) is 13.2. The molecule has 1 aliphatic rings. The van der Waals surface area contributed by atoms with E-state index in [1.54, 1.807) is 13.2 Å². The molecule has 0 saturated heterocycles. The number of methoxy groups -OCH3 is 1. The number of hydrogen-bond acceptors (Lipinski definition) is 5. The number of ether oxygens (including phenoxy) is 1. The maximum atomic E-state index is 12.3. The molecule has 1 aromatic heterocycles. The fourth-order valence-corrected chi connectivity index (χ4v) is 2.87. The minimum atomic E-state index is -0.293. The monoisotopic (exact) mass is 315 g/mol. The third-order valence-corrected chi connectivity index (χ3v) is 4.14. The van der Waals surface area contributed by atoms with Crippen LogP contribution in [0.4, 0.5) is 0 Å². The second-order valence-electron chi connectivity index (χ2n) is 5.82. The molecule has 0 spiro atoms. The third kappa shape index (κ3) is 3.88. The van der Waals surface area contributed by atoms with Crippen LogP contribution in [0.1, 0.15) is 49.2 Å². The van der Waals surface area contributed by atoms with Crippen molar-refractivity contribution < 1.29 is 14.1 Å². The molecule has 0 unspecified atom stereocenters. The van der Waals surface area contributed by atoms with E-state index < -0.39 is 0 Å². The van der Waals surface area contributed by atoms with Crippen molar-refractivity contribution in [3.8, 4) is 17.1 Å². The first-order valence-corrected chi connectivity index (χ1v) is 8.05. The molecule has 1 N–H and O–H groups in total. The summed E-state index contributed by atoms with van der Waals surface area (Å²) in [7, 11) is 1.60. The second kappa shape index (κ2) is 7.26. The van der Waals surface area contributed by atoms with Crippen LogP contribution in [0, 0.1) is 0 Å². The lowest BCUT2D eigenvalue weighted by Crippen LogP contribution is -2.34. The van der Waals surface area contributed by atoms with E-state index >= 15 is 0 Å². The lowest BCUT2D eigenvalue weighted by atomic mass is 10.1. The fraction of sp³-hybridized carbons (Fsp3) is 0.471. The van der Waals surface area contributed by atoms with Crippen LogP contribution in [-0.4, -0.2) is 29.2 Å². The van der Waals surface area contributed by atoms with Crippen LogP contribution in [0.2, 0.25) is 0 Å². The van der Waals surface area contributed by atoms with E-state index in [-0.39, 0.29) is 17.8 Å². The smallest absolute Gasteiger partial charge is 0.316 e. The molecular formula is C17H21N3O3. The Labute approximate surface area is 135 Å². The Morgan fingerprint density at radius 1 is 1.26 bits per heavy atom. The molecule has 1 heterocycles. The SMILES string of the molecule is COc1cccc(-c2noc(C(=O)NC3CCCCCC3)n2)c1. The highest BCUT2D eigenvalue weighted by Gasteiger charge is 2.20. The van der Waals surface area contributed by atoms with Gasteiger partial charge in [0, 0.05) is 11.6 Å². The first kappa shape index (κ1) is 15.5. The average Bonchev–Trinajstić information content (AvgIpc) is 2.95. The number of rotatable bonds is 4. The van der Waals surface area contributed by atoms with Crippen LogP contribution in [0.3, 0.4) is 0 Å². The van der Waals surface area contributed by atoms with E-state index in [1.807, 2.05) is 18.2 Å². The Kier molecular flexibility index (Phi) is 4.90. The van der Waals surface area contributed by atoms with Gasteiger partial charge in [-0.2, -0.15) is 4.98 Å². The standard InChI is InChI=1S/C17H21N3O3/c1-22-14-10-6-7-12(11-14)15-19-17(23-20-15)16(21)18-13-8-4-2-3-5-9-13/h6-7,10-11,13H,2-5,8-9H2,1H3,(H,18,21). The van der Waals surface area contributed by atoms with Crippen LogP contribution in [0.15, 0.2) is 28.8 Å². The van der Waals surface area contributed by atoms with Gasteiger partial charge in [0.2, 0.25) is 5.82 Å². The largest absolute Gasteiger partial charge is 0.497 e. The number of carbonyl (C=O) groups is 1. The van der Waals surface area contributed by atoms with Gasteiger partial charge in [0.05, 0.1) is 7.11 Å². The van der Waals surface area contributed by atoms with Crippen molar-refractivity contribution in [2.24, 2.45) is 0 Å². The highest BCUT2D eigenvalue weighted by atomic mass is 16.5. The van der Waals surface area contributed by atoms with E-state index in [0.717, 1.165) is 31.2 Å². The first-order valence-electron chi connectivity index (χ1n) is 8.05. The summed E-state index contributed by atoms with van der Waals surface area (Å²) in [5, 5.41) is 6.89. The summed E-state index contributed by atoms with van der Waals surface area (Å²) in [4.78, 5) is 16.5. The fourth-order valence-electron chi connectivity index (χ4n) is 2.87. The highest BCUT2D eigenvalue weighted by molar-refractivity contribution is 5.90. The molecule has 3 rings (SSSR count). The van der Waals surface area contributed by atoms with Crippen LogP contribution >= 0.6 is 0 Å². The predicted octanol–water partition coefficient (Wildman–Crippen LogP) is 3.20. The Bertz CT molecular complexity index is 661.